The van der Waals surface area contributed by atoms with Crippen molar-refractivity contribution in [1.29, 1.82) is 0 Å². The lowest BCUT2D eigenvalue weighted by Crippen LogP contribution is -2.26. The fraction of sp³-hybridized carbons (Fsp3) is 0.208. The predicted molar refractivity (Wildman–Crippen MR) is 121 cm³/mol. The Morgan fingerprint density at radius 2 is 1.75 bits per heavy atom. The van der Waals surface area contributed by atoms with Crippen molar-refractivity contribution in [3.05, 3.63) is 77.2 Å². The molecule has 2 aromatic carbocycles. The van der Waals surface area contributed by atoms with Gasteiger partial charge in [0.05, 0.1) is 4.92 Å². The van der Waals surface area contributed by atoms with Crippen LogP contribution in [-0.2, 0) is 11.8 Å². The number of nitro benzene ring substituents is 1. The second kappa shape index (κ2) is 7.88. The van der Waals surface area contributed by atoms with Crippen molar-refractivity contribution >= 4 is 22.7 Å². The normalized spacial score (nSPS) is 11.5. The van der Waals surface area contributed by atoms with Crippen molar-refractivity contribution in [2.45, 2.75) is 26.4 Å². The van der Waals surface area contributed by atoms with Gasteiger partial charge in [0.1, 0.15) is 17.1 Å². The van der Waals surface area contributed by atoms with Crippen molar-refractivity contribution in [2.75, 3.05) is 0 Å². The van der Waals surface area contributed by atoms with Crippen molar-refractivity contribution < 1.29 is 19.2 Å². The molecule has 32 heavy (non-hydrogen) atoms. The molecule has 0 saturated carbocycles. The molecule has 4 aromatic rings. The Hall–Kier alpha value is -4.07. The summed E-state index contributed by atoms with van der Waals surface area (Å²) >= 11 is 0. The van der Waals surface area contributed by atoms with Crippen LogP contribution in [0, 0.1) is 10.1 Å². The minimum absolute atomic E-state index is 0.00878. The molecule has 0 radical (unpaired) electrons. The average molecular weight is 433 g/mol. The Kier molecular flexibility index (Phi) is 5.22. The molecular weight excluding hydrogens is 410 g/mol. The lowest BCUT2D eigenvalue weighted by molar-refractivity contribution is -0.384. The van der Waals surface area contributed by atoms with E-state index in [2.05, 4.69) is 0 Å². The lowest BCUT2D eigenvalue weighted by atomic mass is 10.1. The van der Waals surface area contributed by atoms with Crippen LogP contribution in [0.4, 0.5) is 10.5 Å². The monoisotopic (exact) mass is 433 g/mol. The first kappa shape index (κ1) is 21.2. The van der Waals surface area contributed by atoms with E-state index >= 15 is 0 Å². The van der Waals surface area contributed by atoms with Crippen LogP contribution in [0.5, 0.6) is 11.5 Å². The highest BCUT2D eigenvalue weighted by Crippen LogP contribution is 2.37. The number of nitro groups is 1. The van der Waals surface area contributed by atoms with E-state index in [1.165, 1.54) is 16.7 Å². The number of aryl methyl sites for hydroxylation is 1. The van der Waals surface area contributed by atoms with Gasteiger partial charge in [-0.05, 0) is 57.2 Å². The van der Waals surface area contributed by atoms with Crippen molar-refractivity contribution in [1.82, 2.24) is 9.13 Å². The molecule has 2 aromatic heterocycles. The molecule has 0 spiro atoms. The van der Waals surface area contributed by atoms with Crippen LogP contribution in [0.2, 0.25) is 0 Å². The maximum absolute atomic E-state index is 12.4. The second-order valence-electron chi connectivity index (χ2n) is 8.47. The van der Waals surface area contributed by atoms with E-state index in [1.54, 1.807) is 24.5 Å². The fourth-order valence-corrected chi connectivity index (χ4v) is 3.35. The summed E-state index contributed by atoms with van der Waals surface area (Å²) in [6.07, 6.45) is 4.83. The minimum Gasteiger partial charge on any atom is -0.457 e. The maximum atomic E-state index is 12.4. The van der Waals surface area contributed by atoms with E-state index in [1.807, 2.05) is 62.8 Å². The highest BCUT2D eigenvalue weighted by molar-refractivity contribution is 5.89. The van der Waals surface area contributed by atoms with E-state index in [0.29, 0.717) is 11.5 Å². The van der Waals surface area contributed by atoms with E-state index < -0.39 is 16.6 Å². The van der Waals surface area contributed by atoms with Gasteiger partial charge in [-0.2, -0.15) is 0 Å². The van der Waals surface area contributed by atoms with Gasteiger partial charge in [0.25, 0.3) is 5.69 Å². The van der Waals surface area contributed by atoms with Gasteiger partial charge in [0.2, 0.25) is 0 Å². The van der Waals surface area contributed by atoms with Gasteiger partial charge in [-0.1, -0.05) is 0 Å². The number of ether oxygens (including phenoxy) is 2. The summed E-state index contributed by atoms with van der Waals surface area (Å²) in [6, 6.07) is 13.6. The highest BCUT2D eigenvalue weighted by Gasteiger charge is 2.19. The Bertz CT molecular complexity index is 1310. The van der Waals surface area contributed by atoms with E-state index in [9.17, 15) is 14.9 Å². The number of non-ortho nitro benzene ring substituents is 1. The van der Waals surface area contributed by atoms with Crippen LogP contribution in [0.3, 0.4) is 0 Å². The minimum atomic E-state index is -0.604. The van der Waals surface area contributed by atoms with Gasteiger partial charge in [-0.15, -0.1) is 0 Å². The molecular formula is C24H23N3O5. The van der Waals surface area contributed by atoms with Crippen molar-refractivity contribution in [3.63, 3.8) is 0 Å². The number of hydrogen-bond acceptors (Lipinski definition) is 5. The molecule has 0 fully saturated rings. The van der Waals surface area contributed by atoms with Gasteiger partial charge >= 0.3 is 6.09 Å². The Morgan fingerprint density at radius 3 is 2.41 bits per heavy atom. The molecule has 0 unspecified atom stereocenters. The molecule has 0 N–H and O–H groups in total. The molecule has 2 heterocycles. The van der Waals surface area contributed by atoms with Crippen LogP contribution >= 0.6 is 0 Å². The van der Waals surface area contributed by atoms with Crippen LogP contribution in [0.15, 0.2) is 67.1 Å². The molecule has 0 aliphatic heterocycles. The molecule has 0 amide bonds. The zero-order valence-electron chi connectivity index (χ0n) is 18.2. The number of aromatic nitrogens is 2. The number of nitrogens with zero attached hydrogens (tertiary/aromatic N) is 3. The van der Waals surface area contributed by atoms with Gasteiger partial charge < -0.3 is 14.0 Å². The number of carbonyl (C=O) groups excluding carboxylic acids is 1. The summed E-state index contributed by atoms with van der Waals surface area (Å²) in [4.78, 5) is 22.9. The summed E-state index contributed by atoms with van der Waals surface area (Å²) < 4.78 is 14.9. The number of rotatable bonds is 4. The molecule has 0 aliphatic rings. The largest absolute Gasteiger partial charge is 0.457 e. The number of hydrogen-bond donors (Lipinski definition) is 0. The zero-order chi connectivity index (χ0) is 23.0. The molecule has 0 saturated heterocycles. The van der Waals surface area contributed by atoms with Crippen LogP contribution in [0.25, 0.3) is 22.0 Å². The summed E-state index contributed by atoms with van der Waals surface area (Å²) in [7, 11) is 1.95. The van der Waals surface area contributed by atoms with Gasteiger partial charge in [-0.25, -0.2) is 4.79 Å². The van der Waals surface area contributed by atoms with Gasteiger partial charge in [0, 0.05) is 59.8 Å². The topological polar surface area (TPSA) is 88.5 Å². The van der Waals surface area contributed by atoms with E-state index in [0.717, 1.165) is 22.0 Å². The zero-order valence-corrected chi connectivity index (χ0v) is 18.2. The van der Waals surface area contributed by atoms with E-state index in [-0.39, 0.29) is 5.69 Å². The average Bonchev–Trinajstić information content (AvgIpc) is 3.34. The van der Waals surface area contributed by atoms with Gasteiger partial charge in [-0.3, -0.25) is 14.7 Å². The highest BCUT2D eigenvalue weighted by atomic mass is 16.6. The Morgan fingerprint density at radius 1 is 1.03 bits per heavy atom. The fourth-order valence-electron chi connectivity index (χ4n) is 3.35. The maximum Gasteiger partial charge on any atom is 0.418 e. The first-order valence-electron chi connectivity index (χ1n) is 10.0. The third-order valence-electron chi connectivity index (χ3n) is 4.87. The number of fused-ring (bicyclic) bond motifs is 1. The molecule has 0 aliphatic carbocycles. The quantitative estimate of drug-likeness (QED) is 0.285. The first-order chi connectivity index (χ1) is 15.1. The molecule has 0 bridgehead atoms. The first-order valence-corrected chi connectivity index (χ1v) is 10.0. The summed E-state index contributed by atoms with van der Waals surface area (Å²) in [5, 5.41) is 11.9. The third kappa shape index (κ3) is 4.34. The third-order valence-corrected chi connectivity index (χ3v) is 4.87. The number of carbonyl (C=O) groups is 1. The molecule has 164 valence electrons. The van der Waals surface area contributed by atoms with Crippen LogP contribution in [0.1, 0.15) is 20.8 Å². The molecule has 8 heteroatoms. The van der Waals surface area contributed by atoms with Crippen molar-refractivity contribution in [3.8, 4) is 22.6 Å². The smallest absolute Gasteiger partial charge is 0.418 e. The van der Waals surface area contributed by atoms with Gasteiger partial charge in [0.15, 0.2) is 0 Å². The summed E-state index contributed by atoms with van der Waals surface area (Å²) in [6.45, 7) is 5.44. The van der Waals surface area contributed by atoms with Crippen LogP contribution in [-0.4, -0.2) is 25.8 Å². The molecule has 0 atom stereocenters. The lowest BCUT2D eigenvalue weighted by Gasteiger charge is -2.19. The predicted octanol–water partition coefficient (Wildman–Crippen LogP) is 6.13. The second-order valence-corrected chi connectivity index (χ2v) is 8.47. The standard InChI is InChI=1S/C24H23N3O5/c1-24(2,3)32-23(28)26-12-10-17(15-26)20-14-21-16(9-11-25(21)4)13-22(20)31-19-7-5-18(6-8-19)27(29)30/h5-15H,1-4H3. The van der Waals surface area contributed by atoms with Crippen LogP contribution < -0.4 is 4.74 Å². The number of benzene rings is 2. The SMILES string of the molecule is Cn1ccc2cc(Oc3ccc([N+](=O)[O-])cc3)c(-c3ccn(C(=O)OC(C)(C)C)c3)cc21. The Labute approximate surface area is 184 Å². The molecule has 8 nitrogen and oxygen atoms in total. The Balaban J connectivity index is 1.74. The summed E-state index contributed by atoms with van der Waals surface area (Å²) in [5.74, 6) is 1.04. The van der Waals surface area contributed by atoms with Crippen molar-refractivity contribution in [2.24, 2.45) is 7.05 Å². The molecule has 4 rings (SSSR count). The summed E-state index contributed by atoms with van der Waals surface area (Å²) in [5.41, 5.74) is 1.94. The van der Waals surface area contributed by atoms with E-state index in [4.69, 9.17) is 9.47 Å².